The Bertz CT molecular complexity index is 1210. The Labute approximate surface area is 208 Å². The van der Waals surface area contributed by atoms with Crippen LogP contribution in [0.25, 0.3) is 6.08 Å². The van der Waals surface area contributed by atoms with Gasteiger partial charge in [-0.1, -0.05) is 35.5 Å². The van der Waals surface area contributed by atoms with Gasteiger partial charge in [-0.05, 0) is 58.8 Å². The molecule has 1 amide bonds. The summed E-state index contributed by atoms with van der Waals surface area (Å²) in [7, 11) is 3.03. The third-order valence-electron chi connectivity index (χ3n) is 4.43. The highest BCUT2D eigenvalue weighted by Gasteiger charge is 2.34. The summed E-state index contributed by atoms with van der Waals surface area (Å²) in [6.07, 6.45) is 1.63. The SMILES string of the molecule is CCOC(=O)C1=C(O)/C(=C/c2cc(Br)c(OC)c(OC)c2)SC1=NC(=O)c1ccccc1Cl. The molecule has 2 aromatic rings. The summed E-state index contributed by atoms with van der Waals surface area (Å²) in [5.41, 5.74) is 0.639. The summed E-state index contributed by atoms with van der Waals surface area (Å²) in [6.45, 7) is 1.73. The highest BCUT2D eigenvalue weighted by molar-refractivity contribution is 9.10. The molecule has 0 atom stereocenters. The summed E-state index contributed by atoms with van der Waals surface area (Å²) in [5, 5.41) is 11.1. The number of carbonyl (C=O) groups is 2. The molecule has 3 rings (SSSR count). The summed E-state index contributed by atoms with van der Waals surface area (Å²) in [6, 6.07) is 9.90. The fraction of sp³-hybridized carbons (Fsp3) is 0.174. The van der Waals surface area contributed by atoms with Gasteiger partial charge in [0.15, 0.2) is 11.5 Å². The Kier molecular flexibility index (Phi) is 8.23. The Balaban J connectivity index is 2.07. The molecule has 1 heterocycles. The van der Waals surface area contributed by atoms with Gasteiger partial charge in [-0.25, -0.2) is 9.79 Å². The highest BCUT2D eigenvalue weighted by Crippen LogP contribution is 2.42. The topological polar surface area (TPSA) is 94.4 Å². The molecule has 7 nitrogen and oxygen atoms in total. The molecule has 2 aromatic carbocycles. The van der Waals surface area contributed by atoms with Gasteiger partial charge in [0.1, 0.15) is 16.4 Å². The van der Waals surface area contributed by atoms with E-state index in [2.05, 4.69) is 20.9 Å². The number of benzene rings is 2. The molecule has 1 aliphatic rings. The minimum atomic E-state index is -0.787. The lowest BCUT2D eigenvalue weighted by molar-refractivity contribution is -0.138. The molecule has 0 aliphatic carbocycles. The molecule has 1 aliphatic heterocycles. The molecule has 0 fully saturated rings. The molecule has 0 saturated carbocycles. The van der Waals surface area contributed by atoms with Crippen LogP contribution in [0.4, 0.5) is 0 Å². The Morgan fingerprint density at radius 2 is 1.94 bits per heavy atom. The van der Waals surface area contributed by atoms with Crippen LogP contribution in [0.3, 0.4) is 0 Å². The zero-order valence-corrected chi connectivity index (χ0v) is 21.0. The van der Waals surface area contributed by atoms with Crippen molar-refractivity contribution in [3.63, 3.8) is 0 Å². The minimum Gasteiger partial charge on any atom is -0.506 e. The number of aliphatic hydroxyl groups is 1. The van der Waals surface area contributed by atoms with Gasteiger partial charge >= 0.3 is 5.97 Å². The van der Waals surface area contributed by atoms with Crippen LogP contribution in [0.2, 0.25) is 5.02 Å². The third kappa shape index (κ3) is 5.43. The van der Waals surface area contributed by atoms with Gasteiger partial charge in [-0.3, -0.25) is 4.79 Å². The normalized spacial score (nSPS) is 15.8. The molecular formula is C23H19BrClNO6S. The van der Waals surface area contributed by atoms with Gasteiger partial charge < -0.3 is 19.3 Å². The van der Waals surface area contributed by atoms with E-state index in [1.54, 1.807) is 43.3 Å². The number of aliphatic imine (C=N–C) groups is 1. The molecule has 33 heavy (non-hydrogen) atoms. The van der Waals surface area contributed by atoms with Crippen molar-refractivity contribution in [2.24, 2.45) is 4.99 Å². The predicted molar refractivity (Wildman–Crippen MR) is 132 cm³/mol. The summed E-state index contributed by atoms with van der Waals surface area (Å²) >= 11 is 10.5. The Hall–Kier alpha value is -2.75. The second kappa shape index (κ2) is 10.9. The fourth-order valence-electron chi connectivity index (χ4n) is 2.95. The van der Waals surface area contributed by atoms with E-state index in [1.165, 1.54) is 20.3 Å². The number of hydrogen-bond donors (Lipinski definition) is 1. The second-order valence-electron chi connectivity index (χ2n) is 6.49. The zero-order valence-electron chi connectivity index (χ0n) is 17.8. The first-order valence-corrected chi connectivity index (χ1v) is 11.6. The summed E-state index contributed by atoms with van der Waals surface area (Å²) in [4.78, 5) is 29.6. The smallest absolute Gasteiger partial charge is 0.344 e. The molecular weight excluding hydrogens is 534 g/mol. The lowest BCUT2D eigenvalue weighted by Gasteiger charge is -2.10. The lowest BCUT2D eigenvalue weighted by atomic mass is 10.1. The fourth-order valence-corrected chi connectivity index (χ4v) is 4.80. The number of thioether (sulfide) groups is 1. The number of aliphatic hydroxyl groups excluding tert-OH is 1. The lowest BCUT2D eigenvalue weighted by Crippen LogP contribution is -2.14. The first-order valence-electron chi connectivity index (χ1n) is 9.60. The van der Waals surface area contributed by atoms with Crippen molar-refractivity contribution >= 4 is 62.3 Å². The van der Waals surface area contributed by atoms with Crippen LogP contribution in [0.1, 0.15) is 22.8 Å². The van der Waals surface area contributed by atoms with Crippen molar-refractivity contribution in [1.82, 2.24) is 0 Å². The van der Waals surface area contributed by atoms with E-state index in [0.29, 0.717) is 26.4 Å². The van der Waals surface area contributed by atoms with Crippen molar-refractivity contribution in [2.75, 3.05) is 20.8 Å². The van der Waals surface area contributed by atoms with E-state index in [4.69, 9.17) is 25.8 Å². The average Bonchev–Trinajstić information content (AvgIpc) is 3.08. The summed E-state index contributed by atoms with van der Waals surface area (Å²) in [5.74, 6) is -0.787. The number of carbonyl (C=O) groups excluding carboxylic acids is 2. The number of esters is 1. The molecule has 10 heteroatoms. The highest BCUT2D eigenvalue weighted by atomic mass is 79.9. The van der Waals surface area contributed by atoms with Gasteiger partial charge in [0.05, 0.1) is 40.8 Å². The van der Waals surface area contributed by atoms with E-state index in [-0.39, 0.29) is 33.6 Å². The first-order chi connectivity index (χ1) is 15.8. The van der Waals surface area contributed by atoms with Gasteiger partial charge in [0, 0.05) is 0 Å². The Morgan fingerprint density at radius 3 is 2.58 bits per heavy atom. The van der Waals surface area contributed by atoms with Gasteiger partial charge in [-0.2, -0.15) is 0 Å². The van der Waals surface area contributed by atoms with Crippen LogP contribution >= 0.6 is 39.3 Å². The van der Waals surface area contributed by atoms with Gasteiger partial charge in [0.2, 0.25) is 0 Å². The van der Waals surface area contributed by atoms with Crippen molar-refractivity contribution in [2.45, 2.75) is 6.92 Å². The Morgan fingerprint density at radius 1 is 1.21 bits per heavy atom. The average molecular weight is 553 g/mol. The van der Waals surface area contributed by atoms with Crippen molar-refractivity contribution in [3.05, 3.63) is 73.3 Å². The number of nitrogens with zero attached hydrogens (tertiary/aromatic N) is 1. The summed E-state index contributed by atoms with van der Waals surface area (Å²) < 4.78 is 16.4. The van der Waals surface area contributed by atoms with Crippen LogP contribution in [-0.4, -0.2) is 42.9 Å². The van der Waals surface area contributed by atoms with Crippen molar-refractivity contribution < 1.29 is 28.9 Å². The predicted octanol–water partition coefficient (Wildman–Crippen LogP) is 5.82. The van der Waals surface area contributed by atoms with Gasteiger partial charge in [0.25, 0.3) is 5.91 Å². The number of rotatable bonds is 6. The molecule has 0 aromatic heterocycles. The number of ether oxygens (including phenoxy) is 3. The number of halogens is 2. The van der Waals surface area contributed by atoms with E-state index < -0.39 is 11.9 Å². The van der Waals surface area contributed by atoms with Crippen LogP contribution in [-0.2, 0) is 9.53 Å². The van der Waals surface area contributed by atoms with Crippen LogP contribution < -0.4 is 9.47 Å². The number of hydrogen-bond acceptors (Lipinski definition) is 7. The second-order valence-corrected chi connectivity index (χ2v) is 8.79. The van der Waals surface area contributed by atoms with E-state index in [0.717, 1.165) is 11.8 Å². The first kappa shape index (κ1) is 24.9. The third-order valence-corrected chi connectivity index (χ3v) is 6.37. The molecule has 0 unspecified atom stereocenters. The van der Waals surface area contributed by atoms with E-state index in [9.17, 15) is 14.7 Å². The molecule has 0 saturated heterocycles. The minimum absolute atomic E-state index is 0.0154. The molecule has 172 valence electrons. The standard InChI is InChI=1S/C23H19BrClNO6S/c1-4-32-23(29)18-19(27)17(11-12-9-14(24)20(31-3)16(10-12)30-2)33-22(18)26-21(28)13-7-5-6-8-15(13)25/h5-11,27H,4H2,1-3H3/b17-11-,26-22?. The molecule has 0 radical (unpaired) electrons. The quantitative estimate of drug-likeness (QED) is 0.451. The van der Waals surface area contributed by atoms with Crippen LogP contribution in [0, 0.1) is 0 Å². The maximum absolute atomic E-state index is 12.7. The monoisotopic (exact) mass is 551 g/mol. The molecule has 0 bridgehead atoms. The van der Waals surface area contributed by atoms with Crippen molar-refractivity contribution in [1.29, 1.82) is 0 Å². The zero-order chi connectivity index (χ0) is 24.1. The van der Waals surface area contributed by atoms with E-state index in [1.807, 2.05) is 0 Å². The maximum Gasteiger partial charge on any atom is 0.344 e. The molecule has 1 N–H and O–H groups in total. The van der Waals surface area contributed by atoms with E-state index >= 15 is 0 Å². The molecule has 0 spiro atoms. The number of amides is 1. The maximum atomic E-state index is 12.7. The van der Waals surface area contributed by atoms with Crippen molar-refractivity contribution in [3.8, 4) is 11.5 Å². The largest absolute Gasteiger partial charge is 0.506 e. The number of methoxy groups -OCH3 is 2. The van der Waals surface area contributed by atoms with Crippen LogP contribution in [0.5, 0.6) is 11.5 Å². The van der Waals surface area contributed by atoms with Gasteiger partial charge in [-0.15, -0.1) is 0 Å². The van der Waals surface area contributed by atoms with Crippen LogP contribution in [0.15, 0.2) is 62.1 Å².